The maximum Gasteiger partial charge on any atom is 0.316 e. The van der Waals surface area contributed by atoms with Gasteiger partial charge in [0.25, 0.3) is 5.91 Å². The number of ether oxygens (including phenoxy) is 2. The van der Waals surface area contributed by atoms with Crippen LogP contribution in [-0.2, 0) is 0 Å². The molecule has 24 heavy (non-hydrogen) atoms. The second-order valence-electron chi connectivity index (χ2n) is 5.52. The molecule has 0 saturated carbocycles. The standard InChI is InChI=1S/C17H18ClN3O3/c1-23-15-7-3-2-6-14(15)16(22)21-8-4-5-13(11-21)24-17-19-9-12(18)10-20-17/h2-3,6-7,9-10,13H,4-5,8,11H2,1H3. The number of carbonyl (C=O) groups excluding carboxylic acids is 1. The van der Waals surface area contributed by atoms with E-state index in [9.17, 15) is 4.79 Å². The van der Waals surface area contributed by atoms with Crippen LogP contribution >= 0.6 is 11.6 Å². The molecule has 0 aliphatic carbocycles. The minimum atomic E-state index is -0.140. The Morgan fingerprint density at radius 2 is 2.04 bits per heavy atom. The van der Waals surface area contributed by atoms with E-state index in [1.807, 2.05) is 12.1 Å². The second-order valence-corrected chi connectivity index (χ2v) is 5.95. The van der Waals surface area contributed by atoms with Crippen LogP contribution < -0.4 is 9.47 Å². The van der Waals surface area contributed by atoms with Gasteiger partial charge in [-0.1, -0.05) is 23.7 Å². The lowest BCUT2D eigenvalue weighted by Crippen LogP contribution is -2.44. The molecular weight excluding hydrogens is 330 g/mol. The third-order valence-corrected chi connectivity index (χ3v) is 4.07. The Morgan fingerprint density at radius 1 is 1.29 bits per heavy atom. The van der Waals surface area contributed by atoms with Gasteiger partial charge in [-0.05, 0) is 25.0 Å². The zero-order valence-electron chi connectivity index (χ0n) is 13.3. The fourth-order valence-electron chi connectivity index (χ4n) is 2.72. The van der Waals surface area contributed by atoms with E-state index in [0.717, 1.165) is 12.8 Å². The van der Waals surface area contributed by atoms with Crippen LogP contribution in [0.15, 0.2) is 36.7 Å². The van der Waals surface area contributed by atoms with Gasteiger partial charge < -0.3 is 14.4 Å². The Kier molecular flexibility index (Phi) is 5.15. The van der Waals surface area contributed by atoms with Crippen molar-refractivity contribution in [2.75, 3.05) is 20.2 Å². The number of nitrogens with zero attached hydrogens (tertiary/aromatic N) is 3. The Balaban J connectivity index is 1.68. The Hall–Kier alpha value is -2.34. The molecule has 1 amide bonds. The smallest absolute Gasteiger partial charge is 0.316 e. The molecule has 3 rings (SSSR count). The molecular formula is C17H18ClN3O3. The number of piperidine rings is 1. The van der Waals surface area contributed by atoms with Crippen molar-refractivity contribution in [3.05, 3.63) is 47.2 Å². The third-order valence-electron chi connectivity index (χ3n) is 3.87. The molecule has 1 saturated heterocycles. The van der Waals surface area contributed by atoms with E-state index in [4.69, 9.17) is 21.1 Å². The lowest BCUT2D eigenvalue weighted by molar-refractivity contribution is 0.0513. The number of amides is 1. The number of para-hydroxylation sites is 1. The van der Waals surface area contributed by atoms with Gasteiger partial charge >= 0.3 is 6.01 Å². The number of likely N-dealkylation sites (tertiary alicyclic amines) is 1. The molecule has 2 heterocycles. The van der Waals surface area contributed by atoms with Crippen LogP contribution in [0, 0.1) is 0 Å². The van der Waals surface area contributed by atoms with Crippen molar-refractivity contribution in [3.8, 4) is 11.8 Å². The van der Waals surface area contributed by atoms with Gasteiger partial charge in [0.15, 0.2) is 0 Å². The molecule has 6 nitrogen and oxygen atoms in total. The highest BCUT2D eigenvalue weighted by atomic mass is 35.5. The molecule has 1 atom stereocenters. The molecule has 0 N–H and O–H groups in total. The molecule has 1 aromatic heterocycles. The van der Waals surface area contributed by atoms with Crippen molar-refractivity contribution < 1.29 is 14.3 Å². The number of methoxy groups -OCH3 is 1. The topological polar surface area (TPSA) is 64.5 Å². The van der Waals surface area contributed by atoms with E-state index in [1.54, 1.807) is 24.1 Å². The van der Waals surface area contributed by atoms with E-state index in [0.29, 0.717) is 29.4 Å². The Labute approximate surface area is 145 Å². The highest BCUT2D eigenvalue weighted by molar-refractivity contribution is 6.30. The molecule has 126 valence electrons. The summed E-state index contributed by atoms with van der Waals surface area (Å²) in [6.45, 7) is 1.18. The van der Waals surface area contributed by atoms with Gasteiger partial charge in [0, 0.05) is 6.54 Å². The first-order chi connectivity index (χ1) is 11.7. The number of carbonyl (C=O) groups is 1. The molecule has 2 aromatic rings. The van der Waals surface area contributed by atoms with Crippen molar-refractivity contribution >= 4 is 17.5 Å². The number of benzene rings is 1. The summed E-state index contributed by atoms with van der Waals surface area (Å²) >= 11 is 5.77. The molecule has 1 aliphatic rings. The molecule has 0 bridgehead atoms. The summed E-state index contributed by atoms with van der Waals surface area (Å²) in [5, 5.41) is 0.457. The van der Waals surface area contributed by atoms with Gasteiger partial charge in [-0.15, -0.1) is 0 Å². The van der Waals surface area contributed by atoms with E-state index >= 15 is 0 Å². The molecule has 1 unspecified atom stereocenters. The van der Waals surface area contributed by atoms with Crippen LogP contribution in [0.25, 0.3) is 0 Å². The summed E-state index contributed by atoms with van der Waals surface area (Å²) in [4.78, 5) is 22.6. The van der Waals surface area contributed by atoms with Crippen LogP contribution in [0.1, 0.15) is 23.2 Å². The first-order valence-electron chi connectivity index (χ1n) is 7.74. The lowest BCUT2D eigenvalue weighted by atomic mass is 10.1. The van der Waals surface area contributed by atoms with Crippen LogP contribution in [0.2, 0.25) is 5.02 Å². The van der Waals surface area contributed by atoms with Gasteiger partial charge in [-0.2, -0.15) is 0 Å². The van der Waals surface area contributed by atoms with E-state index < -0.39 is 0 Å². The summed E-state index contributed by atoms with van der Waals surface area (Å²) in [5.74, 6) is 0.518. The van der Waals surface area contributed by atoms with Gasteiger partial charge in [0.1, 0.15) is 11.9 Å². The summed E-state index contributed by atoms with van der Waals surface area (Å²) < 4.78 is 11.1. The SMILES string of the molecule is COc1ccccc1C(=O)N1CCCC(Oc2ncc(Cl)cn2)C1. The molecule has 0 radical (unpaired) electrons. The average Bonchev–Trinajstić information content (AvgIpc) is 2.63. The minimum Gasteiger partial charge on any atom is -0.496 e. The summed E-state index contributed by atoms with van der Waals surface area (Å²) in [7, 11) is 1.56. The van der Waals surface area contributed by atoms with Crippen molar-refractivity contribution in [2.24, 2.45) is 0 Å². The first kappa shape index (κ1) is 16.5. The zero-order valence-corrected chi connectivity index (χ0v) is 14.1. The first-order valence-corrected chi connectivity index (χ1v) is 8.11. The fourth-order valence-corrected chi connectivity index (χ4v) is 2.82. The predicted molar refractivity (Wildman–Crippen MR) is 89.6 cm³/mol. The zero-order chi connectivity index (χ0) is 16.9. The predicted octanol–water partition coefficient (Wildman–Crippen LogP) is 2.82. The van der Waals surface area contributed by atoms with Crippen LogP contribution in [0.3, 0.4) is 0 Å². The van der Waals surface area contributed by atoms with E-state index in [1.165, 1.54) is 12.4 Å². The van der Waals surface area contributed by atoms with Crippen LogP contribution in [0.5, 0.6) is 11.8 Å². The third kappa shape index (κ3) is 3.76. The van der Waals surface area contributed by atoms with E-state index in [2.05, 4.69) is 9.97 Å². The van der Waals surface area contributed by atoms with Crippen molar-refractivity contribution in [3.63, 3.8) is 0 Å². The molecule has 0 spiro atoms. The molecule has 7 heteroatoms. The largest absolute Gasteiger partial charge is 0.496 e. The minimum absolute atomic E-state index is 0.0576. The lowest BCUT2D eigenvalue weighted by Gasteiger charge is -2.32. The highest BCUT2D eigenvalue weighted by Gasteiger charge is 2.27. The maximum absolute atomic E-state index is 12.8. The van der Waals surface area contributed by atoms with Gasteiger partial charge in [0.2, 0.25) is 0 Å². The summed E-state index contributed by atoms with van der Waals surface area (Å²) in [5.41, 5.74) is 0.559. The van der Waals surface area contributed by atoms with Gasteiger partial charge in [-0.25, -0.2) is 9.97 Å². The van der Waals surface area contributed by atoms with Crippen molar-refractivity contribution in [1.29, 1.82) is 0 Å². The quantitative estimate of drug-likeness (QED) is 0.851. The normalized spacial score (nSPS) is 17.4. The monoisotopic (exact) mass is 347 g/mol. The Bertz CT molecular complexity index is 708. The Morgan fingerprint density at radius 3 is 2.79 bits per heavy atom. The van der Waals surface area contributed by atoms with Crippen LogP contribution in [-0.4, -0.2) is 47.1 Å². The molecule has 1 aromatic carbocycles. The maximum atomic E-state index is 12.8. The fraction of sp³-hybridized carbons (Fsp3) is 0.353. The number of hydrogen-bond donors (Lipinski definition) is 0. The molecule has 1 fully saturated rings. The second kappa shape index (κ2) is 7.49. The number of rotatable bonds is 4. The van der Waals surface area contributed by atoms with Crippen molar-refractivity contribution in [2.45, 2.75) is 18.9 Å². The number of halogens is 1. The highest BCUT2D eigenvalue weighted by Crippen LogP contribution is 2.22. The average molecular weight is 348 g/mol. The van der Waals surface area contributed by atoms with Crippen molar-refractivity contribution in [1.82, 2.24) is 14.9 Å². The molecule has 1 aliphatic heterocycles. The summed E-state index contributed by atoms with van der Waals surface area (Å²) in [6.07, 6.45) is 4.55. The van der Waals surface area contributed by atoms with E-state index in [-0.39, 0.29) is 18.0 Å². The number of hydrogen-bond acceptors (Lipinski definition) is 5. The summed E-state index contributed by atoms with van der Waals surface area (Å²) in [6, 6.07) is 7.50. The number of aromatic nitrogens is 2. The van der Waals surface area contributed by atoms with Gasteiger partial charge in [-0.3, -0.25) is 4.79 Å². The van der Waals surface area contributed by atoms with Crippen LogP contribution in [0.4, 0.5) is 0 Å². The van der Waals surface area contributed by atoms with Gasteiger partial charge in [0.05, 0.1) is 36.6 Å².